The molecule has 10 heteroatoms. The lowest BCUT2D eigenvalue weighted by atomic mass is 10.2. The summed E-state index contributed by atoms with van der Waals surface area (Å²) in [6, 6.07) is 3.23. The largest absolute Gasteiger partial charge is 0.495 e. The normalized spacial score (nSPS) is 12.7. The van der Waals surface area contributed by atoms with Crippen LogP contribution in [0.3, 0.4) is 0 Å². The minimum absolute atomic E-state index is 0.0541. The zero-order valence-corrected chi connectivity index (χ0v) is 19.6. The fraction of sp³-hybridized carbons (Fsp3) is 0.381. The summed E-state index contributed by atoms with van der Waals surface area (Å²) in [6.07, 6.45) is 3.43. The lowest BCUT2D eigenvalue weighted by Crippen LogP contribution is -2.14. The van der Waals surface area contributed by atoms with Gasteiger partial charge in [-0.2, -0.15) is 11.8 Å². The molecule has 1 aromatic carbocycles. The quantitative estimate of drug-likeness (QED) is 0.465. The summed E-state index contributed by atoms with van der Waals surface area (Å²) in [5, 5.41) is 4.00. The number of aryl methyl sites for hydroxylation is 2. The first-order chi connectivity index (χ1) is 15.0. The Morgan fingerprint density at radius 2 is 2.10 bits per heavy atom. The molecule has 0 radical (unpaired) electrons. The molecule has 1 amide bonds. The van der Waals surface area contributed by atoms with Crippen LogP contribution in [-0.4, -0.2) is 35.8 Å². The van der Waals surface area contributed by atoms with Gasteiger partial charge < -0.3 is 19.8 Å². The Morgan fingerprint density at radius 1 is 1.29 bits per heavy atom. The number of carbonyl (C=O) groups is 1. The molecule has 0 atom stereocenters. The maximum atomic E-state index is 12.5. The lowest BCUT2D eigenvalue weighted by Gasteiger charge is -2.13. The minimum atomic E-state index is -0.151. The second kappa shape index (κ2) is 9.50. The molecule has 0 unspecified atom stereocenters. The maximum Gasteiger partial charge on any atom is 0.259 e. The maximum absolute atomic E-state index is 12.5. The fourth-order valence-corrected chi connectivity index (χ4v) is 5.94. The molecule has 0 saturated heterocycles. The van der Waals surface area contributed by atoms with Crippen LogP contribution in [0.25, 0.3) is 10.2 Å². The van der Waals surface area contributed by atoms with Crippen molar-refractivity contribution in [3.63, 3.8) is 0 Å². The number of nitrogens with zero attached hydrogens (tertiary/aromatic N) is 1. The zero-order valence-electron chi connectivity index (χ0n) is 17.2. The number of amides is 1. The molecular weight excluding hydrogens is 458 g/mol. The Kier molecular flexibility index (Phi) is 6.74. The fourth-order valence-electron chi connectivity index (χ4n) is 3.62. The first kappa shape index (κ1) is 22.0. The van der Waals surface area contributed by atoms with Gasteiger partial charge in [-0.3, -0.25) is 9.59 Å². The summed E-state index contributed by atoms with van der Waals surface area (Å²) in [5.74, 6) is 2.54. The molecule has 7 nitrogen and oxygen atoms in total. The van der Waals surface area contributed by atoms with E-state index in [1.54, 1.807) is 35.2 Å². The number of benzene rings is 1. The van der Waals surface area contributed by atoms with E-state index in [2.05, 4.69) is 15.3 Å². The third-order valence-corrected chi connectivity index (χ3v) is 7.54. The molecule has 0 spiro atoms. The van der Waals surface area contributed by atoms with Gasteiger partial charge in [0.1, 0.15) is 22.2 Å². The highest BCUT2D eigenvalue weighted by atomic mass is 35.5. The summed E-state index contributed by atoms with van der Waals surface area (Å²) in [7, 11) is 3.02. The molecular formula is C21H22ClN3O4S2. The smallest absolute Gasteiger partial charge is 0.259 e. The van der Waals surface area contributed by atoms with Crippen molar-refractivity contribution in [3.8, 4) is 11.5 Å². The predicted octanol–water partition coefficient (Wildman–Crippen LogP) is 4.41. The number of hydrogen-bond acceptors (Lipinski definition) is 7. The van der Waals surface area contributed by atoms with Gasteiger partial charge in [-0.05, 0) is 24.8 Å². The highest BCUT2D eigenvalue weighted by molar-refractivity contribution is 7.98. The van der Waals surface area contributed by atoms with Gasteiger partial charge in [0.15, 0.2) is 0 Å². The SMILES string of the molecule is COc1cc(NC(=O)CCSCc2nc3sc4c(c3c(=O)[nH]2)CCC4)c(OC)cc1Cl. The Bertz CT molecular complexity index is 1190. The number of halogens is 1. The van der Waals surface area contributed by atoms with Gasteiger partial charge in [-0.15, -0.1) is 11.3 Å². The molecule has 31 heavy (non-hydrogen) atoms. The highest BCUT2D eigenvalue weighted by Crippen LogP contribution is 2.36. The van der Waals surface area contributed by atoms with E-state index in [-0.39, 0.29) is 11.5 Å². The molecule has 2 heterocycles. The number of rotatable bonds is 8. The Morgan fingerprint density at radius 3 is 2.87 bits per heavy atom. The standard InChI is InChI=1S/C21H22ClN3O4S2/c1-28-14-9-13(15(29-2)8-12(14)22)23-18(26)6-7-30-10-17-24-20(27)19-11-4-3-5-16(11)31-21(19)25-17/h8-9H,3-7,10H2,1-2H3,(H,23,26)(H,24,25,27). The number of methoxy groups -OCH3 is 2. The third-order valence-electron chi connectivity index (χ3n) is 5.08. The van der Waals surface area contributed by atoms with Crippen LogP contribution >= 0.6 is 34.7 Å². The molecule has 164 valence electrons. The van der Waals surface area contributed by atoms with E-state index in [0.717, 1.165) is 29.5 Å². The zero-order chi connectivity index (χ0) is 22.0. The van der Waals surface area contributed by atoms with E-state index in [1.807, 2.05) is 0 Å². The summed E-state index contributed by atoms with van der Waals surface area (Å²) in [6.45, 7) is 0. The average Bonchev–Trinajstić information content (AvgIpc) is 3.33. The molecule has 1 aliphatic rings. The van der Waals surface area contributed by atoms with E-state index < -0.39 is 0 Å². The average molecular weight is 480 g/mol. The number of ether oxygens (including phenoxy) is 2. The van der Waals surface area contributed by atoms with Crippen LogP contribution in [-0.2, 0) is 23.4 Å². The Labute approximate surface area is 192 Å². The monoisotopic (exact) mass is 479 g/mol. The van der Waals surface area contributed by atoms with Gasteiger partial charge in [0.2, 0.25) is 5.91 Å². The number of thiophene rings is 1. The lowest BCUT2D eigenvalue weighted by molar-refractivity contribution is -0.115. The van der Waals surface area contributed by atoms with Gasteiger partial charge in [0, 0.05) is 29.2 Å². The van der Waals surface area contributed by atoms with E-state index >= 15 is 0 Å². The molecule has 0 aliphatic heterocycles. The van der Waals surface area contributed by atoms with Crippen LogP contribution in [0.5, 0.6) is 11.5 Å². The van der Waals surface area contributed by atoms with Crippen LogP contribution in [0.15, 0.2) is 16.9 Å². The number of H-pyrrole nitrogens is 1. The molecule has 2 aromatic heterocycles. The Hall–Kier alpha value is -2.23. The number of nitrogens with one attached hydrogen (secondary N) is 2. The summed E-state index contributed by atoms with van der Waals surface area (Å²) < 4.78 is 10.5. The van der Waals surface area contributed by atoms with E-state index in [1.165, 1.54) is 24.7 Å². The van der Waals surface area contributed by atoms with E-state index in [9.17, 15) is 9.59 Å². The van der Waals surface area contributed by atoms with Crippen molar-refractivity contribution in [1.29, 1.82) is 0 Å². The molecule has 0 bridgehead atoms. The van der Waals surface area contributed by atoms with Crippen LogP contribution in [0.1, 0.15) is 29.1 Å². The van der Waals surface area contributed by atoms with Crippen molar-refractivity contribution < 1.29 is 14.3 Å². The van der Waals surface area contributed by atoms with Crippen molar-refractivity contribution in [1.82, 2.24) is 9.97 Å². The third kappa shape index (κ3) is 4.68. The van der Waals surface area contributed by atoms with Crippen molar-refractivity contribution in [3.05, 3.63) is 43.8 Å². The number of carbonyl (C=O) groups excluding carboxylic acids is 1. The van der Waals surface area contributed by atoms with Crippen LogP contribution in [0.2, 0.25) is 5.02 Å². The minimum Gasteiger partial charge on any atom is -0.495 e. The number of aromatic amines is 1. The van der Waals surface area contributed by atoms with Gasteiger partial charge in [-0.1, -0.05) is 11.6 Å². The first-order valence-electron chi connectivity index (χ1n) is 9.82. The number of anilines is 1. The van der Waals surface area contributed by atoms with Crippen LogP contribution < -0.4 is 20.3 Å². The van der Waals surface area contributed by atoms with E-state index in [4.69, 9.17) is 21.1 Å². The van der Waals surface area contributed by atoms with Crippen LogP contribution in [0.4, 0.5) is 5.69 Å². The Balaban J connectivity index is 1.33. The van der Waals surface area contributed by atoms with Crippen molar-refractivity contribution >= 4 is 56.5 Å². The van der Waals surface area contributed by atoms with Gasteiger partial charge in [0.25, 0.3) is 5.56 Å². The van der Waals surface area contributed by atoms with Crippen molar-refractivity contribution in [2.24, 2.45) is 0 Å². The summed E-state index contributed by atoms with van der Waals surface area (Å²) in [4.78, 5) is 34.5. The molecule has 2 N–H and O–H groups in total. The van der Waals surface area contributed by atoms with Crippen molar-refractivity contribution in [2.45, 2.75) is 31.4 Å². The van der Waals surface area contributed by atoms with Gasteiger partial charge in [0.05, 0.1) is 36.1 Å². The highest BCUT2D eigenvalue weighted by Gasteiger charge is 2.21. The van der Waals surface area contributed by atoms with Crippen molar-refractivity contribution in [2.75, 3.05) is 25.3 Å². The first-order valence-corrected chi connectivity index (χ1v) is 12.2. The molecule has 4 rings (SSSR count). The van der Waals surface area contributed by atoms with E-state index in [0.29, 0.717) is 46.0 Å². The molecule has 3 aromatic rings. The molecule has 1 aliphatic carbocycles. The number of thioether (sulfide) groups is 1. The summed E-state index contributed by atoms with van der Waals surface area (Å²) in [5.41, 5.74) is 1.63. The van der Waals surface area contributed by atoms with Crippen LogP contribution in [0, 0.1) is 0 Å². The number of fused-ring (bicyclic) bond motifs is 3. The second-order valence-electron chi connectivity index (χ2n) is 7.09. The molecule has 0 fully saturated rings. The number of hydrogen-bond donors (Lipinski definition) is 2. The second-order valence-corrected chi connectivity index (χ2v) is 9.68. The van der Waals surface area contributed by atoms with Gasteiger partial charge >= 0.3 is 0 Å². The molecule has 0 saturated carbocycles. The topological polar surface area (TPSA) is 93.3 Å². The number of aromatic nitrogens is 2. The predicted molar refractivity (Wildman–Crippen MR) is 126 cm³/mol. The van der Waals surface area contributed by atoms with Gasteiger partial charge in [-0.25, -0.2) is 4.98 Å². The summed E-state index contributed by atoms with van der Waals surface area (Å²) >= 11 is 9.27.